The lowest BCUT2D eigenvalue weighted by molar-refractivity contribution is -0.141. The molecule has 0 aromatic heterocycles. The van der Waals surface area contributed by atoms with Crippen molar-refractivity contribution in [2.45, 2.75) is 70.9 Å². The summed E-state index contributed by atoms with van der Waals surface area (Å²) < 4.78 is 38.5. The zero-order valence-electron chi connectivity index (χ0n) is 20.1. The Morgan fingerprint density at radius 3 is 2.21 bits per heavy atom. The molecule has 1 rings (SSSR count). The third-order valence-corrected chi connectivity index (χ3v) is 6.85. The number of carbonyl (C=O) groups is 2. The summed E-state index contributed by atoms with van der Waals surface area (Å²) in [6.45, 7) is 9.51. The van der Waals surface area contributed by atoms with Crippen LogP contribution in [0, 0.1) is 20.8 Å². The molecular weight excluding hydrogens is 452 g/mol. The molecule has 0 spiro atoms. The number of benzene rings is 1. The van der Waals surface area contributed by atoms with Crippen molar-refractivity contribution in [3.63, 3.8) is 0 Å². The van der Waals surface area contributed by atoms with Gasteiger partial charge in [-0.25, -0.2) is 18.0 Å². The van der Waals surface area contributed by atoms with Gasteiger partial charge in [0.05, 0.1) is 12.0 Å². The van der Waals surface area contributed by atoms with Crippen LogP contribution in [0.4, 0.5) is 4.79 Å². The summed E-state index contributed by atoms with van der Waals surface area (Å²) in [5.41, 5.74) is 10.7. The van der Waals surface area contributed by atoms with Crippen molar-refractivity contribution >= 4 is 28.0 Å². The molecule has 33 heavy (non-hydrogen) atoms. The number of carbonyl (C=O) groups excluding carboxylic acids is 1. The van der Waals surface area contributed by atoms with Crippen molar-refractivity contribution in [1.82, 2.24) is 4.31 Å². The first-order valence-electron chi connectivity index (χ1n) is 10.2. The third-order valence-electron chi connectivity index (χ3n) is 4.79. The molecule has 0 heterocycles. The molecule has 186 valence electrons. The fourth-order valence-corrected chi connectivity index (χ4v) is 5.23. The molecule has 5 N–H and O–H groups in total. The van der Waals surface area contributed by atoms with Gasteiger partial charge in [0, 0.05) is 6.54 Å². The first kappa shape index (κ1) is 28.0. The second-order valence-corrected chi connectivity index (χ2v) is 10.3. The average molecular weight is 487 g/mol. The third kappa shape index (κ3) is 6.98. The maximum Gasteiger partial charge on any atom is 0.425 e. The molecule has 0 aliphatic carbocycles. The zero-order valence-corrected chi connectivity index (χ0v) is 20.9. The Labute approximate surface area is 194 Å². The normalized spacial score (nSPS) is 12.6. The maximum atomic E-state index is 13.8. The number of aryl methyl sites for hydroxylation is 1. The number of hydrogen-bond donors (Lipinski definition) is 3. The van der Waals surface area contributed by atoms with E-state index in [2.05, 4.69) is 4.99 Å². The number of carboxylic acid groups (broad SMARTS) is 1. The minimum atomic E-state index is -4.64. The smallest absolute Gasteiger partial charge is 0.425 e. The topological polar surface area (TPSA) is 175 Å². The molecule has 0 aliphatic heterocycles. The summed E-state index contributed by atoms with van der Waals surface area (Å²) >= 11 is 0. The number of sulfonamides is 1. The van der Waals surface area contributed by atoms with Crippen LogP contribution in [0.1, 0.15) is 50.3 Å². The summed E-state index contributed by atoms with van der Waals surface area (Å²) in [7, 11) is -3.18. The van der Waals surface area contributed by atoms with Gasteiger partial charge in [0.25, 0.3) is 10.0 Å². The molecule has 12 heteroatoms. The highest BCUT2D eigenvalue weighted by Gasteiger charge is 2.43. The molecule has 0 radical (unpaired) electrons. The van der Waals surface area contributed by atoms with Gasteiger partial charge in [0.1, 0.15) is 17.4 Å². The molecule has 0 fully saturated rings. The maximum absolute atomic E-state index is 13.8. The second kappa shape index (κ2) is 10.7. The van der Waals surface area contributed by atoms with Gasteiger partial charge < -0.3 is 26.0 Å². The Kier molecular flexibility index (Phi) is 9.11. The van der Waals surface area contributed by atoms with Crippen molar-refractivity contribution in [2.24, 2.45) is 16.5 Å². The number of nitrogens with two attached hydrogens (primary N) is 2. The van der Waals surface area contributed by atoms with Crippen LogP contribution in [0.25, 0.3) is 0 Å². The van der Waals surface area contributed by atoms with Crippen LogP contribution >= 0.6 is 0 Å². The van der Waals surface area contributed by atoms with Crippen LogP contribution in [0.15, 0.2) is 16.0 Å². The molecule has 1 unspecified atom stereocenters. The molecule has 11 nitrogen and oxygen atoms in total. The highest BCUT2D eigenvalue weighted by molar-refractivity contribution is 7.89. The molecule has 0 bridgehead atoms. The summed E-state index contributed by atoms with van der Waals surface area (Å²) in [4.78, 5) is 28.8. The van der Waals surface area contributed by atoms with Gasteiger partial charge in [-0.3, -0.25) is 4.99 Å². The molecule has 0 aliphatic rings. The number of guanidine groups is 1. The quantitative estimate of drug-likeness (QED) is 0.268. The Bertz CT molecular complexity index is 1030. The number of aliphatic imine (C=N–C) groups is 1. The Morgan fingerprint density at radius 1 is 1.18 bits per heavy atom. The van der Waals surface area contributed by atoms with E-state index in [0.717, 1.165) is 0 Å². The number of nitrogens with zero attached hydrogens (tertiary/aromatic N) is 2. The number of amides is 1. The van der Waals surface area contributed by atoms with E-state index in [1.54, 1.807) is 41.5 Å². The highest BCUT2D eigenvalue weighted by Crippen LogP contribution is 2.34. The van der Waals surface area contributed by atoms with Crippen molar-refractivity contribution in [1.29, 1.82) is 0 Å². The molecule has 0 saturated heterocycles. The fraction of sp³-hybridized carbons (Fsp3) is 0.571. The van der Waals surface area contributed by atoms with Gasteiger partial charge in [0.2, 0.25) is 0 Å². The first-order valence-corrected chi connectivity index (χ1v) is 11.7. The fourth-order valence-electron chi connectivity index (χ4n) is 3.26. The minimum absolute atomic E-state index is 0.0635. The van der Waals surface area contributed by atoms with Gasteiger partial charge in [-0.2, -0.15) is 4.31 Å². The SMILES string of the molecule is COc1cc(C)c(S(=O)(=O)N(C(=O)OC(C)(C)C)C(CCCN=C(N)N)C(=O)O)c(C)c1C. The van der Waals surface area contributed by atoms with Crippen LogP contribution in [0.5, 0.6) is 5.75 Å². The molecule has 1 atom stereocenters. The lowest BCUT2D eigenvalue weighted by Crippen LogP contribution is -2.50. The number of methoxy groups -OCH3 is 1. The van der Waals surface area contributed by atoms with E-state index in [9.17, 15) is 23.1 Å². The van der Waals surface area contributed by atoms with Crippen molar-refractivity contribution < 1.29 is 32.6 Å². The van der Waals surface area contributed by atoms with Crippen molar-refractivity contribution in [2.75, 3.05) is 13.7 Å². The van der Waals surface area contributed by atoms with Crippen LogP contribution in [0.2, 0.25) is 0 Å². The van der Waals surface area contributed by atoms with E-state index < -0.39 is 33.7 Å². The van der Waals surface area contributed by atoms with Crippen LogP contribution < -0.4 is 16.2 Å². The minimum Gasteiger partial charge on any atom is -0.496 e. The second-order valence-electron chi connectivity index (χ2n) is 8.56. The molecular formula is C21H34N4O7S. The number of hydrogen-bond acceptors (Lipinski definition) is 7. The van der Waals surface area contributed by atoms with E-state index in [0.29, 0.717) is 26.7 Å². The monoisotopic (exact) mass is 486 g/mol. The van der Waals surface area contributed by atoms with Gasteiger partial charge in [0.15, 0.2) is 5.96 Å². The van der Waals surface area contributed by atoms with Crippen molar-refractivity contribution in [3.8, 4) is 5.75 Å². The van der Waals surface area contributed by atoms with Gasteiger partial charge >= 0.3 is 12.1 Å². The van der Waals surface area contributed by atoms with Crippen molar-refractivity contribution in [3.05, 3.63) is 22.8 Å². The largest absolute Gasteiger partial charge is 0.496 e. The predicted octanol–water partition coefficient (Wildman–Crippen LogP) is 2.05. The van der Waals surface area contributed by atoms with Crippen LogP contribution in [-0.4, -0.2) is 61.1 Å². The van der Waals surface area contributed by atoms with Gasteiger partial charge in [-0.05, 0) is 77.1 Å². The number of carboxylic acids is 1. The van der Waals surface area contributed by atoms with E-state index in [1.807, 2.05) is 0 Å². The zero-order chi connectivity index (χ0) is 25.7. The summed E-state index contributed by atoms with van der Waals surface area (Å²) in [6.07, 6.45) is -1.40. The Hall–Kier alpha value is -3.02. The Morgan fingerprint density at radius 2 is 1.76 bits per heavy atom. The van der Waals surface area contributed by atoms with E-state index in [4.69, 9.17) is 20.9 Å². The predicted molar refractivity (Wildman–Crippen MR) is 124 cm³/mol. The molecule has 1 aromatic carbocycles. The van der Waals surface area contributed by atoms with E-state index in [1.165, 1.54) is 13.2 Å². The van der Waals surface area contributed by atoms with Crippen LogP contribution in [0.3, 0.4) is 0 Å². The summed E-state index contributed by atoms with van der Waals surface area (Å²) in [5.74, 6) is -1.21. The average Bonchev–Trinajstić information content (AvgIpc) is 2.64. The number of rotatable bonds is 9. The Balaban J connectivity index is 3.68. The standard InChI is InChI=1S/C21H34N4O7S/c1-12-11-16(31-7)13(2)14(3)17(12)33(29,30)25(20(28)32-21(4,5)6)15(18(26)27)9-8-10-24-19(22)23/h11,15H,8-10H2,1-7H3,(H,26,27)(H4,22,23,24). The first-order chi connectivity index (χ1) is 15.0. The van der Waals surface area contributed by atoms with E-state index in [-0.39, 0.29) is 30.2 Å². The van der Waals surface area contributed by atoms with E-state index >= 15 is 0 Å². The molecule has 1 aromatic rings. The van der Waals surface area contributed by atoms with Gasteiger partial charge in [-0.1, -0.05) is 0 Å². The summed E-state index contributed by atoms with van der Waals surface area (Å²) in [6, 6.07) is -0.211. The molecule has 1 amide bonds. The highest BCUT2D eigenvalue weighted by atomic mass is 32.2. The summed E-state index contributed by atoms with van der Waals surface area (Å²) in [5, 5.41) is 9.87. The van der Waals surface area contributed by atoms with Crippen LogP contribution in [-0.2, 0) is 19.6 Å². The number of ether oxygens (including phenoxy) is 2. The number of aliphatic carboxylic acids is 1. The lowest BCUT2D eigenvalue weighted by Gasteiger charge is -2.32. The van der Waals surface area contributed by atoms with Gasteiger partial charge in [-0.15, -0.1) is 0 Å². The molecule has 0 saturated carbocycles. The lowest BCUT2D eigenvalue weighted by atomic mass is 10.1.